The van der Waals surface area contributed by atoms with Gasteiger partial charge in [0.25, 0.3) is 0 Å². The summed E-state index contributed by atoms with van der Waals surface area (Å²) in [7, 11) is 0. The fourth-order valence-corrected chi connectivity index (χ4v) is 3.09. The topological polar surface area (TPSA) is 63.1 Å². The molecule has 2 heterocycles. The number of piperidine rings is 1. The van der Waals surface area contributed by atoms with E-state index < -0.39 is 0 Å². The molecule has 1 N–H and O–H groups in total. The Morgan fingerprint density at radius 3 is 2.64 bits per heavy atom. The molecule has 6 heteroatoms. The first-order valence-electron chi connectivity index (χ1n) is 8.42. The van der Waals surface area contributed by atoms with Gasteiger partial charge in [-0.25, -0.2) is 0 Å². The number of hydrogen-bond acceptors (Lipinski definition) is 4. The lowest BCUT2D eigenvalue weighted by atomic mass is 9.93. The van der Waals surface area contributed by atoms with Crippen LogP contribution in [0.15, 0.2) is 6.33 Å². The quantitative estimate of drug-likeness (QED) is 0.875. The molecule has 6 nitrogen and oxygen atoms in total. The van der Waals surface area contributed by atoms with Gasteiger partial charge in [-0.05, 0) is 59.2 Å². The van der Waals surface area contributed by atoms with Crippen molar-refractivity contribution in [2.24, 2.45) is 5.92 Å². The van der Waals surface area contributed by atoms with Crippen LogP contribution in [0.25, 0.3) is 0 Å². The third-order valence-corrected chi connectivity index (χ3v) is 4.55. The van der Waals surface area contributed by atoms with Gasteiger partial charge >= 0.3 is 0 Å². The normalized spacial score (nSPS) is 18.6. The molecule has 0 spiro atoms. The first-order valence-corrected chi connectivity index (χ1v) is 8.42. The van der Waals surface area contributed by atoms with Gasteiger partial charge in [-0.15, -0.1) is 10.2 Å². The minimum atomic E-state index is -0.104. The summed E-state index contributed by atoms with van der Waals surface area (Å²) in [6, 6.07) is 0.191. The molecule has 1 aromatic rings. The van der Waals surface area contributed by atoms with Crippen LogP contribution in [-0.2, 0) is 4.79 Å². The van der Waals surface area contributed by atoms with Crippen molar-refractivity contribution in [2.45, 2.75) is 59.0 Å². The smallest absolute Gasteiger partial charge is 0.220 e. The van der Waals surface area contributed by atoms with Gasteiger partial charge in [0.1, 0.15) is 6.33 Å². The van der Waals surface area contributed by atoms with Crippen molar-refractivity contribution in [3.63, 3.8) is 0 Å². The van der Waals surface area contributed by atoms with Crippen LogP contribution >= 0.6 is 0 Å². The fraction of sp³-hybridized carbons (Fsp3) is 0.812. The lowest BCUT2D eigenvalue weighted by Gasteiger charge is -2.30. The standard InChI is InChI=1S/C16H29N5O/c1-5-20-8-6-14(7-9-20)10-15(22)18-13(4)16-19-17-11-21(16)12(2)3/h11-14H,5-10H2,1-4H3,(H,18,22)/t13-/m1/s1. The van der Waals surface area contributed by atoms with Gasteiger partial charge < -0.3 is 14.8 Å². The van der Waals surface area contributed by atoms with E-state index in [1.165, 1.54) is 0 Å². The minimum absolute atomic E-state index is 0.104. The minimum Gasteiger partial charge on any atom is -0.346 e. The van der Waals surface area contributed by atoms with Gasteiger partial charge in [0, 0.05) is 12.5 Å². The molecule has 0 aromatic carbocycles. The zero-order valence-corrected chi connectivity index (χ0v) is 14.2. The van der Waals surface area contributed by atoms with Crippen molar-refractivity contribution in [1.29, 1.82) is 0 Å². The van der Waals surface area contributed by atoms with E-state index in [0.29, 0.717) is 18.4 Å². The first-order chi connectivity index (χ1) is 10.5. The molecule has 1 atom stereocenters. The van der Waals surface area contributed by atoms with Gasteiger partial charge in [0.05, 0.1) is 6.04 Å². The Morgan fingerprint density at radius 1 is 1.36 bits per heavy atom. The van der Waals surface area contributed by atoms with Crippen molar-refractivity contribution in [3.05, 3.63) is 12.2 Å². The molecular weight excluding hydrogens is 278 g/mol. The van der Waals surface area contributed by atoms with Crippen LogP contribution in [0.1, 0.15) is 64.9 Å². The summed E-state index contributed by atoms with van der Waals surface area (Å²) >= 11 is 0. The maximum atomic E-state index is 12.3. The summed E-state index contributed by atoms with van der Waals surface area (Å²) in [5.41, 5.74) is 0. The summed E-state index contributed by atoms with van der Waals surface area (Å²) in [6.07, 6.45) is 4.59. The van der Waals surface area contributed by atoms with Crippen LogP contribution in [0.3, 0.4) is 0 Å². The van der Waals surface area contributed by atoms with Crippen LogP contribution in [0, 0.1) is 5.92 Å². The summed E-state index contributed by atoms with van der Waals surface area (Å²) in [4.78, 5) is 14.7. The Labute approximate surface area is 133 Å². The monoisotopic (exact) mass is 307 g/mol. The molecular formula is C16H29N5O. The summed E-state index contributed by atoms with van der Waals surface area (Å²) < 4.78 is 2.00. The average molecular weight is 307 g/mol. The van der Waals surface area contributed by atoms with Crippen molar-refractivity contribution in [3.8, 4) is 0 Å². The van der Waals surface area contributed by atoms with E-state index in [-0.39, 0.29) is 11.9 Å². The molecule has 1 amide bonds. The Kier molecular flexibility index (Phi) is 5.94. The highest BCUT2D eigenvalue weighted by Crippen LogP contribution is 2.21. The van der Waals surface area contributed by atoms with Crippen LogP contribution in [-0.4, -0.2) is 45.2 Å². The van der Waals surface area contributed by atoms with Gasteiger partial charge in [-0.3, -0.25) is 4.79 Å². The highest BCUT2D eigenvalue weighted by atomic mass is 16.1. The van der Waals surface area contributed by atoms with E-state index in [1.807, 2.05) is 11.5 Å². The van der Waals surface area contributed by atoms with E-state index in [9.17, 15) is 4.79 Å². The number of rotatable bonds is 6. The molecule has 0 unspecified atom stereocenters. The van der Waals surface area contributed by atoms with Crippen molar-refractivity contribution in [1.82, 2.24) is 25.0 Å². The van der Waals surface area contributed by atoms with E-state index in [4.69, 9.17) is 0 Å². The van der Waals surface area contributed by atoms with Crippen molar-refractivity contribution < 1.29 is 4.79 Å². The number of aromatic nitrogens is 3. The molecule has 0 saturated carbocycles. The third kappa shape index (κ3) is 4.29. The average Bonchev–Trinajstić information content (AvgIpc) is 2.97. The molecule has 1 aliphatic heterocycles. The molecule has 1 aromatic heterocycles. The Morgan fingerprint density at radius 2 is 2.05 bits per heavy atom. The highest BCUT2D eigenvalue weighted by molar-refractivity contribution is 5.76. The molecule has 124 valence electrons. The number of nitrogens with zero attached hydrogens (tertiary/aromatic N) is 4. The van der Waals surface area contributed by atoms with E-state index in [1.54, 1.807) is 6.33 Å². The van der Waals surface area contributed by atoms with Crippen LogP contribution < -0.4 is 5.32 Å². The lowest BCUT2D eigenvalue weighted by molar-refractivity contribution is -0.123. The van der Waals surface area contributed by atoms with E-state index in [0.717, 1.165) is 38.3 Å². The van der Waals surface area contributed by atoms with Crippen molar-refractivity contribution in [2.75, 3.05) is 19.6 Å². The maximum Gasteiger partial charge on any atom is 0.220 e. The van der Waals surface area contributed by atoms with Crippen LogP contribution in [0.2, 0.25) is 0 Å². The summed E-state index contributed by atoms with van der Waals surface area (Å²) in [5.74, 6) is 1.46. The Hall–Kier alpha value is -1.43. The lowest BCUT2D eigenvalue weighted by Crippen LogP contribution is -2.36. The molecule has 1 fully saturated rings. The van der Waals surface area contributed by atoms with Gasteiger partial charge in [-0.1, -0.05) is 6.92 Å². The number of likely N-dealkylation sites (tertiary alicyclic amines) is 1. The second kappa shape index (κ2) is 7.72. The predicted octanol–water partition coefficient (Wildman–Crippen LogP) is 2.16. The van der Waals surface area contributed by atoms with Gasteiger partial charge in [0.15, 0.2) is 5.82 Å². The highest BCUT2D eigenvalue weighted by Gasteiger charge is 2.22. The number of carbonyl (C=O) groups excluding carboxylic acids is 1. The van der Waals surface area contributed by atoms with Crippen LogP contribution in [0.4, 0.5) is 0 Å². The number of nitrogens with one attached hydrogen (secondary N) is 1. The zero-order chi connectivity index (χ0) is 16.1. The Bertz CT molecular complexity index is 477. The van der Waals surface area contributed by atoms with Gasteiger partial charge in [-0.2, -0.15) is 0 Å². The molecule has 0 bridgehead atoms. The number of carbonyl (C=O) groups is 1. The fourth-order valence-electron chi connectivity index (χ4n) is 3.09. The molecule has 0 aliphatic carbocycles. The molecule has 1 aliphatic rings. The Balaban J connectivity index is 1.83. The van der Waals surface area contributed by atoms with E-state index in [2.05, 4.69) is 41.2 Å². The second-order valence-electron chi connectivity index (χ2n) is 6.56. The van der Waals surface area contributed by atoms with Gasteiger partial charge in [0.2, 0.25) is 5.91 Å². The molecule has 1 saturated heterocycles. The largest absolute Gasteiger partial charge is 0.346 e. The van der Waals surface area contributed by atoms with Crippen LogP contribution in [0.5, 0.6) is 0 Å². The van der Waals surface area contributed by atoms with E-state index >= 15 is 0 Å². The summed E-state index contributed by atoms with van der Waals surface area (Å²) in [6.45, 7) is 11.7. The molecule has 2 rings (SSSR count). The first kappa shape index (κ1) is 16.9. The zero-order valence-electron chi connectivity index (χ0n) is 14.2. The number of hydrogen-bond donors (Lipinski definition) is 1. The third-order valence-electron chi connectivity index (χ3n) is 4.55. The second-order valence-corrected chi connectivity index (χ2v) is 6.56. The van der Waals surface area contributed by atoms with Crippen molar-refractivity contribution >= 4 is 5.91 Å². The number of amides is 1. The SMILES string of the molecule is CCN1CCC(CC(=O)N[C@H](C)c2nncn2C(C)C)CC1. The molecule has 0 radical (unpaired) electrons. The predicted molar refractivity (Wildman–Crippen MR) is 86.4 cm³/mol. The molecule has 22 heavy (non-hydrogen) atoms. The summed E-state index contributed by atoms with van der Waals surface area (Å²) in [5, 5.41) is 11.2. The maximum absolute atomic E-state index is 12.3.